The molecular weight excluding hydrogens is 144 g/mol. The number of hydrogen-bond donors (Lipinski definition) is 2. The summed E-state index contributed by atoms with van der Waals surface area (Å²) < 4.78 is 0. The van der Waals surface area contributed by atoms with Gasteiger partial charge in [0.15, 0.2) is 0 Å². The van der Waals surface area contributed by atoms with Crippen LogP contribution in [-0.4, -0.2) is 5.21 Å². The Balaban J connectivity index is 3.12. The van der Waals surface area contributed by atoms with Crippen LogP contribution in [0, 0.1) is 11.8 Å². The predicted molar refractivity (Wildman–Crippen MR) is 42.0 cm³/mol. The van der Waals surface area contributed by atoms with Crippen molar-refractivity contribution in [2.45, 2.75) is 6.92 Å². The van der Waals surface area contributed by atoms with Gasteiger partial charge < -0.3 is 0 Å². The number of benzene rings is 1. The van der Waals surface area contributed by atoms with Crippen LogP contribution < -0.4 is 5.48 Å². The van der Waals surface area contributed by atoms with Crippen LogP contribution in [0.4, 0.5) is 11.4 Å². The molecule has 1 rings (SSSR count). The Kier molecular flexibility index (Phi) is 2.18. The van der Waals surface area contributed by atoms with E-state index in [-0.39, 0.29) is 0 Å². The molecule has 0 heterocycles. The standard InChI is InChI=1S/C7H8N2O2/c1-5-2-3-6(8-10)4-7(5)9-11/h2-4,8,10H,1H3. The number of hydrogen-bond acceptors (Lipinski definition) is 4. The molecule has 1 aromatic rings. The van der Waals surface area contributed by atoms with Crippen LogP contribution in [0.2, 0.25) is 0 Å². The number of nitrogens with zero attached hydrogens (tertiary/aromatic N) is 1. The van der Waals surface area contributed by atoms with Gasteiger partial charge in [-0.05, 0) is 29.8 Å². The molecule has 0 saturated heterocycles. The van der Waals surface area contributed by atoms with Crippen molar-refractivity contribution in [3.63, 3.8) is 0 Å². The quantitative estimate of drug-likeness (QED) is 0.504. The average molecular weight is 152 g/mol. The fraction of sp³-hybridized carbons (Fsp3) is 0.143. The summed E-state index contributed by atoms with van der Waals surface area (Å²) in [7, 11) is 0. The SMILES string of the molecule is Cc1ccc(NO)cc1N=O. The molecule has 0 aliphatic carbocycles. The molecule has 2 N–H and O–H groups in total. The first-order valence-electron chi connectivity index (χ1n) is 3.12. The van der Waals surface area contributed by atoms with E-state index in [0.717, 1.165) is 5.56 Å². The Labute approximate surface area is 63.8 Å². The molecule has 0 amide bonds. The van der Waals surface area contributed by atoms with Gasteiger partial charge in [0.2, 0.25) is 0 Å². The minimum Gasteiger partial charge on any atom is -0.291 e. The van der Waals surface area contributed by atoms with E-state index in [0.29, 0.717) is 11.4 Å². The Hall–Kier alpha value is -1.42. The van der Waals surface area contributed by atoms with Crippen molar-refractivity contribution in [3.8, 4) is 0 Å². The summed E-state index contributed by atoms with van der Waals surface area (Å²) in [6, 6.07) is 4.83. The maximum Gasteiger partial charge on any atom is 0.113 e. The monoisotopic (exact) mass is 152 g/mol. The van der Waals surface area contributed by atoms with Gasteiger partial charge in [-0.25, -0.2) is 0 Å². The zero-order valence-electron chi connectivity index (χ0n) is 6.03. The van der Waals surface area contributed by atoms with Gasteiger partial charge >= 0.3 is 0 Å². The van der Waals surface area contributed by atoms with E-state index in [1.54, 1.807) is 19.1 Å². The van der Waals surface area contributed by atoms with Crippen molar-refractivity contribution < 1.29 is 5.21 Å². The minimum atomic E-state index is 0.337. The Morgan fingerprint density at radius 3 is 2.82 bits per heavy atom. The summed E-state index contributed by atoms with van der Waals surface area (Å²) in [4.78, 5) is 10.1. The second-order valence-corrected chi connectivity index (χ2v) is 2.20. The summed E-state index contributed by atoms with van der Waals surface area (Å²) >= 11 is 0. The molecule has 0 saturated carbocycles. The van der Waals surface area contributed by atoms with E-state index in [4.69, 9.17) is 5.21 Å². The van der Waals surface area contributed by atoms with Crippen molar-refractivity contribution in [3.05, 3.63) is 28.7 Å². The van der Waals surface area contributed by atoms with Gasteiger partial charge in [-0.1, -0.05) is 6.07 Å². The number of nitrogens with one attached hydrogen (secondary N) is 1. The van der Waals surface area contributed by atoms with Crippen molar-refractivity contribution in [2.75, 3.05) is 5.48 Å². The average Bonchev–Trinajstić information content (AvgIpc) is 2.05. The van der Waals surface area contributed by atoms with Crippen LogP contribution in [0.5, 0.6) is 0 Å². The van der Waals surface area contributed by atoms with E-state index in [1.165, 1.54) is 6.07 Å². The van der Waals surface area contributed by atoms with Gasteiger partial charge in [0.1, 0.15) is 5.69 Å². The molecule has 0 aliphatic rings. The first-order valence-corrected chi connectivity index (χ1v) is 3.12. The van der Waals surface area contributed by atoms with Crippen LogP contribution in [0.1, 0.15) is 5.56 Å². The highest BCUT2D eigenvalue weighted by molar-refractivity contribution is 5.56. The zero-order valence-corrected chi connectivity index (χ0v) is 6.03. The number of anilines is 1. The predicted octanol–water partition coefficient (Wildman–Crippen LogP) is 2.19. The smallest absolute Gasteiger partial charge is 0.113 e. The third-order valence-electron chi connectivity index (χ3n) is 1.44. The molecule has 0 fully saturated rings. The van der Waals surface area contributed by atoms with Crippen LogP contribution in [-0.2, 0) is 0 Å². The van der Waals surface area contributed by atoms with Gasteiger partial charge in [-0.15, -0.1) is 4.91 Å². The highest BCUT2D eigenvalue weighted by atomic mass is 16.5. The molecule has 0 aromatic heterocycles. The molecule has 4 heteroatoms. The molecule has 0 atom stereocenters. The second-order valence-electron chi connectivity index (χ2n) is 2.20. The van der Waals surface area contributed by atoms with E-state index in [2.05, 4.69) is 5.18 Å². The summed E-state index contributed by atoms with van der Waals surface area (Å²) in [5.74, 6) is 0. The number of nitroso groups, excluding NO2 is 1. The maximum atomic E-state index is 10.1. The molecule has 1 aromatic carbocycles. The van der Waals surface area contributed by atoms with E-state index in [9.17, 15) is 4.91 Å². The lowest BCUT2D eigenvalue weighted by molar-refractivity contribution is 0.389. The molecule has 0 radical (unpaired) electrons. The Morgan fingerprint density at radius 1 is 1.55 bits per heavy atom. The van der Waals surface area contributed by atoms with Crippen molar-refractivity contribution in [1.29, 1.82) is 0 Å². The van der Waals surface area contributed by atoms with E-state index in [1.807, 2.05) is 5.48 Å². The fourth-order valence-corrected chi connectivity index (χ4v) is 0.777. The van der Waals surface area contributed by atoms with Crippen molar-refractivity contribution in [2.24, 2.45) is 5.18 Å². The summed E-state index contributed by atoms with van der Waals surface area (Å²) in [5.41, 5.74) is 3.52. The van der Waals surface area contributed by atoms with E-state index < -0.39 is 0 Å². The molecule has 0 unspecified atom stereocenters. The highest BCUT2D eigenvalue weighted by Gasteiger charge is 1.98. The van der Waals surface area contributed by atoms with Crippen LogP contribution >= 0.6 is 0 Å². The van der Waals surface area contributed by atoms with E-state index >= 15 is 0 Å². The zero-order chi connectivity index (χ0) is 8.27. The Morgan fingerprint density at radius 2 is 2.27 bits per heavy atom. The summed E-state index contributed by atoms with van der Waals surface area (Å²) in [6.07, 6.45) is 0. The lowest BCUT2D eigenvalue weighted by atomic mass is 10.2. The first-order chi connectivity index (χ1) is 5.27. The van der Waals surface area contributed by atoms with Crippen LogP contribution in [0.25, 0.3) is 0 Å². The number of rotatable bonds is 2. The number of aryl methyl sites for hydroxylation is 1. The van der Waals surface area contributed by atoms with Gasteiger partial charge in [-0.2, -0.15) is 0 Å². The molecule has 11 heavy (non-hydrogen) atoms. The first kappa shape index (κ1) is 7.68. The van der Waals surface area contributed by atoms with Crippen molar-refractivity contribution in [1.82, 2.24) is 0 Å². The molecule has 0 aliphatic heterocycles. The fourth-order valence-electron chi connectivity index (χ4n) is 0.777. The molecular formula is C7H8N2O2. The van der Waals surface area contributed by atoms with Crippen LogP contribution in [0.3, 0.4) is 0 Å². The maximum absolute atomic E-state index is 10.1. The normalized spacial score (nSPS) is 9.27. The lowest BCUT2D eigenvalue weighted by Crippen LogP contribution is -1.88. The molecule has 0 bridgehead atoms. The summed E-state index contributed by atoms with van der Waals surface area (Å²) in [5, 5.41) is 11.2. The van der Waals surface area contributed by atoms with Gasteiger partial charge in [0, 0.05) is 0 Å². The van der Waals surface area contributed by atoms with Gasteiger partial charge in [0.05, 0.1) is 5.69 Å². The minimum absolute atomic E-state index is 0.337. The largest absolute Gasteiger partial charge is 0.291 e. The lowest BCUT2D eigenvalue weighted by Gasteiger charge is -1.99. The molecule has 0 spiro atoms. The van der Waals surface area contributed by atoms with Gasteiger partial charge in [0.25, 0.3) is 0 Å². The topological polar surface area (TPSA) is 61.7 Å². The molecule has 58 valence electrons. The highest BCUT2D eigenvalue weighted by Crippen LogP contribution is 2.21. The third-order valence-corrected chi connectivity index (χ3v) is 1.44. The van der Waals surface area contributed by atoms with Crippen LogP contribution in [0.15, 0.2) is 23.4 Å². The summed E-state index contributed by atoms with van der Waals surface area (Å²) in [6.45, 7) is 1.78. The Bertz CT molecular complexity index is 273. The third kappa shape index (κ3) is 1.53. The van der Waals surface area contributed by atoms with Gasteiger partial charge in [-0.3, -0.25) is 10.7 Å². The van der Waals surface area contributed by atoms with Crippen molar-refractivity contribution >= 4 is 11.4 Å². The molecule has 4 nitrogen and oxygen atoms in total. The second kappa shape index (κ2) is 3.12.